The molecule has 2 fully saturated rings. The Morgan fingerprint density at radius 2 is 1.75 bits per heavy atom. The Bertz CT molecular complexity index is 2130. The SMILES string of the molecule is Cc1ccccc1C(=O)N1CCc2cc(-c3nc(NC(=O)Cc4cccc(OCCOCCOCCNC(=O)CCCC[C@@H]5SC[C@@H]6NC(=O)N[C@@H]65)c4)sc3C)ccc21. The van der Waals surface area contributed by atoms with Crippen molar-refractivity contribution in [2.45, 2.75) is 69.7 Å². The van der Waals surface area contributed by atoms with Crippen LogP contribution in [0.1, 0.15) is 57.6 Å². The molecule has 15 heteroatoms. The van der Waals surface area contributed by atoms with Gasteiger partial charge in [0.25, 0.3) is 5.91 Å². The molecule has 0 radical (unpaired) electrons. The molecule has 0 spiro atoms. The fourth-order valence-electron chi connectivity index (χ4n) is 7.70. The number of hydrogen-bond donors (Lipinski definition) is 4. The van der Waals surface area contributed by atoms with E-state index >= 15 is 0 Å². The van der Waals surface area contributed by atoms with E-state index in [1.54, 1.807) is 0 Å². The van der Waals surface area contributed by atoms with Gasteiger partial charge in [0.05, 0.1) is 50.6 Å². The molecular formula is C44H52N6O7S2. The number of benzene rings is 3. The van der Waals surface area contributed by atoms with E-state index in [9.17, 15) is 19.2 Å². The molecule has 59 heavy (non-hydrogen) atoms. The van der Waals surface area contributed by atoms with Crippen molar-refractivity contribution in [1.82, 2.24) is 20.9 Å². The molecule has 5 amide bonds. The number of carbonyl (C=O) groups excluding carboxylic acids is 4. The van der Waals surface area contributed by atoms with E-state index in [-0.39, 0.29) is 42.3 Å². The third-order valence-corrected chi connectivity index (χ3v) is 13.1. The molecule has 13 nitrogen and oxygen atoms in total. The first-order chi connectivity index (χ1) is 28.7. The largest absolute Gasteiger partial charge is 0.491 e. The number of thioether (sulfide) groups is 1. The topological polar surface area (TPSA) is 160 Å². The first-order valence-corrected chi connectivity index (χ1v) is 22.2. The average molecular weight is 841 g/mol. The van der Waals surface area contributed by atoms with Crippen molar-refractivity contribution >= 4 is 57.7 Å². The van der Waals surface area contributed by atoms with Crippen LogP contribution in [0.3, 0.4) is 0 Å². The number of nitrogens with one attached hydrogen (secondary N) is 4. The number of carbonyl (C=O) groups is 4. The third kappa shape index (κ3) is 11.2. The zero-order valence-electron chi connectivity index (χ0n) is 33.6. The van der Waals surface area contributed by atoms with E-state index < -0.39 is 0 Å². The van der Waals surface area contributed by atoms with Crippen LogP contribution in [0.5, 0.6) is 5.75 Å². The van der Waals surface area contributed by atoms with E-state index in [4.69, 9.17) is 19.2 Å². The van der Waals surface area contributed by atoms with E-state index in [2.05, 4.69) is 27.3 Å². The molecule has 1 aromatic heterocycles. The van der Waals surface area contributed by atoms with Crippen LogP contribution < -0.4 is 30.9 Å². The minimum atomic E-state index is -0.170. The number of aromatic nitrogens is 1. The number of nitrogens with zero attached hydrogens (tertiary/aromatic N) is 2. The average Bonchev–Trinajstić information content (AvgIpc) is 4.00. The normalized spacial score (nSPS) is 17.9. The lowest BCUT2D eigenvalue weighted by Crippen LogP contribution is -2.36. The Labute approximate surface area is 353 Å². The van der Waals surface area contributed by atoms with Crippen molar-refractivity contribution in [3.05, 3.63) is 93.9 Å². The van der Waals surface area contributed by atoms with Gasteiger partial charge < -0.3 is 40.4 Å². The molecule has 312 valence electrons. The molecular weight excluding hydrogens is 789 g/mol. The Balaban J connectivity index is 0.747. The second-order valence-corrected chi connectivity index (χ2v) is 17.4. The molecule has 3 aromatic carbocycles. The van der Waals surface area contributed by atoms with Crippen molar-refractivity contribution < 1.29 is 33.4 Å². The zero-order valence-corrected chi connectivity index (χ0v) is 35.2. The van der Waals surface area contributed by atoms with Crippen LogP contribution in [0, 0.1) is 13.8 Å². The highest BCUT2D eigenvalue weighted by atomic mass is 32.2. The van der Waals surface area contributed by atoms with Gasteiger partial charge in [-0.2, -0.15) is 11.8 Å². The van der Waals surface area contributed by atoms with E-state index in [1.807, 2.05) is 91.2 Å². The number of aryl methyl sites for hydroxylation is 2. The van der Waals surface area contributed by atoms with Crippen LogP contribution in [0.2, 0.25) is 0 Å². The van der Waals surface area contributed by atoms with Crippen molar-refractivity contribution in [2.24, 2.45) is 0 Å². The number of unbranched alkanes of at least 4 members (excludes halogenated alkanes) is 1. The van der Waals surface area contributed by atoms with E-state index in [0.29, 0.717) is 68.7 Å². The van der Waals surface area contributed by atoms with Crippen molar-refractivity contribution in [1.29, 1.82) is 0 Å². The van der Waals surface area contributed by atoms with Crippen molar-refractivity contribution in [2.75, 3.05) is 62.1 Å². The monoisotopic (exact) mass is 840 g/mol. The van der Waals surface area contributed by atoms with Crippen molar-refractivity contribution in [3.8, 4) is 17.0 Å². The Hall–Kier alpha value is -4.96. The first kappa shape index (κ1) is 42.2. The molecule has 7 rings (SSSR count). The molecule has 0 unspecified atom stereocenters. The molecule has 4 N–H and O–H groups in total. The maximum atomic E-state index is 13.3. The van der Waals surface area contributed by atoms with Crippen molar-refractivity contribution in [3.63, 3.8) is 0 Å². The van der Waals surface area contributed by atoms with Gasteiger partial charge in [-0.25, -0.2) is 9.78 Å². The Morgan fingerprint density at radius 1 is 0.915 bits per heavy atom. The summed E-state index contributed by atoms with van der Waals surface area (Å²) in [6.07, 6.45) is 4.21. The number of rotatable bonds is 20. The summed E-state index contributed by atoms with van der Waals surface area (Å²) in [7, 11) is 0. The third-order valence-electron chi connectivity index (χ3n) is 10.7. The fraction of sp³-hybridized carbons (Fsp3) is 0.432. The maximum absolute atomic E-state index is 13.3. The summed E-state index contributed by atoms with van der Waals surface area (Å²) in [6, 6.07) is 21.6. The zero-order chi connectivity index (χ0) is 41.1. The summed E-state index contributed by atoms with van der Waals surface area (Å²) in [5.41, 5.74) is 6.32. The number of urea groups is 1. The number of fused-ring (bicyclic) bond motifs is 2. The summed E-state index contributed by atoms with van der Waals surface area (Å²) in [5, 5.41) is 12.8. The molecule has 2 saturated heterocycles. The molecule has 3 aliphatic rings. The van der Waals surface area contributed by atoms with Crippen LogP contribution in [0.25, 0.3) is 11.3 Å². The predicted octanol–water partition coefficient (Wildman–Crippen LogP) is 6.07. The van der Waals surface area contributed by atoms with Gasteiger partial charge in [-0.3, -0.25) is 14.4 Å². The predicted molar refractivity (Wildman–Crippen MR) is 232 cm³/mol. The Kier molecular flexibility index (Phi) is 14.5. The second kappa shape index (κ2) is 20.3. The molecule has 3 aliphatic heterocycles. The van der Waals surface area contributed by atoms with Gasteiger partial charge in [-0.05, 0) is 80.1 Å². The highest BCUT2D eigenvalue weighted by molar-refractivity contribution is 8.00. The van der Waals surface area contributed by atoms with E-state index in [0.717, 1.165) is 75.5 Å². The molecule has 4 heterocycles. The van der Waals surface area contributed by atoms with Gasteiger partial charge in [-0.1, -0.05) is 42.8 Å². The smallest absolute Gasteiger partial charge is 0.315 e. The Morgan fingerprint density at radius 3 is 2.61 bits per heavy atom. The van der Waals surface area contributed by atoms with Gasteiger partial charge in [0.1, 0.15) is 12.4 Å². The summed E-state index contributed by atoms with van der Waals surface area (Å²) in [4.78, 5) is 57.7. The van der Waals surface area contributed by atoms with Crippen LogP contribution >= 0.6 is 23.1 Å². The highest BCUT2D eigenvalue weighted by Crippen LogP contribution is 2.37. The lowest BCUT2D eigenvalue weighted by molar-refractivity contribution is -0.121. The first-order valence-electron chi connectivity index (χ1n) is 20.3. The fourth-order valence-corrected chi connectivity index (χ4v) is 10.1. The number of thiazole rings is 1. The standard InChI is InChI=1S/C44H52N6O7S2/c1-28-8-3-4-11-34(28)42(53)50-18-16-31-26-32(14-15-36(31)50)40-29(2)59-44(49-40)47-39(52)25-30-9-7-10-33(24-30)57-23-22-56-21-20-55-19-17-45-38(51)13-6-5-12-37-41-35(27-58-37)46-43(54)48-41/h3-4,7-11,14-15,24,26,35,37,41H,5-6,12-13,16-23,25,27H2,1-2H3,(H,45,51)(H2,46,48,54)(H,47,49,52)/t35-,37-,41-/m0/s1. The van der Waals surface area contributed by atoms with Gasteiger partial charge in [0.2, 0.25) is 11.8 Å². The molecule has 3 atom stereocenters. The molecule has 0 saturated carbocycles. The number of amides is 5. The molecule has 0 bridgehead atoms. The number of hydrogen-bond acceptors (Lipinski definition) is 10. The molecule has 0 aliphatic carbocycles. The van der Waals surface area contributed by atoms with Gasteiger partial charge in [0.15, 0.2) is 5.13 Å². The minimum absolute atomic E-state index is 0.0149. The second-order valence-electron chi connectivity index (χ2n) is 15.0. The van der Waals surface area contributed by atoms with Gasteiger partial charge in [0, 0.05) is 52.2 Å². The lowest BCUT2D eigenvalue weighted by atomic mass is 10.0. The van der Waals surface area contributed by atoms with Crippen LogP contribution in [-0.2, 0) is 31.9 Å². The van der Waals surface area contributed by atoms with Crippen LogP contribution in [-0.4, -0.2) is 97.9 Å². The van der Waals surface area contributed by atoms with Gasteiger partial charge in [-0.15, -0.1) is 11.3 Å². The van der Waals surface area contributed by atoms with Crippen LogP contribution in [0.4, 0.5) is 15.6 Å². The van der Waals surface area contributed by atoms with Crippen LogP contribution in [0.15, 0.2) is 66.7 Å². The number of ether oxygens (including phenoxy) is 3. The van der Waals surface area contributed by atoms with Gasteiger partial charge >= 0.3 is 6.03 Å². The lowest BCUT2D eigenvalue weighted by Gasteiger charge is -2.18. The number of anilines is 2. The summed E-state index contributed by atoms with van der Waals surface area (Å²) in [6.45, 7) is 7.01. The highest BCUT2D eigenvalue weighted by Gasteiger charge is 2.42. The van der Waals surface area contributed by atoms with E-state index in [1.165, 1.54) is 11.3 Å². The molecule has 4 aromatic rings. The summed E-state index contributed by atoms with van der Waals surface area (Å²) in [5.74, 6) is 1.47. The quantitative estimate of drug-likeness (QED) is 0.0613. The minimum Gasteiger partial charge on any atom is -0.491 e. The maximum Gasteiger partial charge on any atom is 0.315 e. The summed E-state index contributed by atoms with van der Waals surface area (Å²) >= 11 is 3.33. The summed E-state index contributed by atoms with van der Waals surface area (Å²) < 4.78 is 17.1.